The Balaban J connectivity index is 1.64. The molecule has 1 aliphatic heterocycles. The summed E-state index contributed by atoms with van der Waals surface area (Å²) in [6, 6.07) is 4.03. The van der Waals surface area contributed by atoms with E-state index in [1.54, 1.807) is 0 Å². The van der Waals surface area contributed by atoms with E-state index in [1.807, 2.05) is 0 Å². The van der Waals surface area contributed by atoms with Crippen LogP contribution in [0, 0.1) is 11.8 Å². The number of amides is 2. The molecule has 1 saturated heterocycles. The van der Waals surface area contributed by atoms with Crippen LogP contribution in [0.4, 0.5) is 23.7 Å². The van der Waals surface area contributed by atoms with Crippen molar-refractivity contribution < 1.29 is 28.2 Å². The van der Waals surface area contributed by atoms with E-state index in [2.05, 4.69) is 5.32 Å². The van der Waals surface area contributed by atoms with E-state index in [9.17, 15) is 28.2 Å². The van der Waals surface area contributed by atoms with Crippen molar-refractivity contribution in [2.45, 2.75) is 31.2 Å². The number of anilines is 1. The van der Waals surface area contributed by atoms with Crippen LogP contribution in [0.1, 0.15) is 18.4 Å². The summed E-state index contributed by atoms with van der Waals surface area (Å²) in [5, 5.41) is 21.9. The third-order valence-electron chi connectivity index (χ3n) is 4.84. The van der Waals surface area contributed by atoms with Gasteiger partial charge in [0.2, 0.25) is 0 Å². The highest BCUT2D eigenvalue weighted by Crippen LogP contribution is 2.37. The fraction of sp³-hybridized carbons (Fsp3) is 0.562. The number of hydrogen-bond donors (Lipinski definition) is 3. The number of carbonyl (C=O) groups is 1. The second-order valence-corrected chi connectivity index (χ2v) is 6.54. The largest absolute Gasteiger partial charge is 0.416 e. The summed E-state index contributed by atoms with van der Waals surface area (Å²) in [6.07, 6.45) is -5.16. The predicted molar refractivity (Wildman–Crippen MR) is 80.3 cm³/mol. The van der Waals surface area contributed by atoms with Gasteiger partial charge in [-0.15, -0.1) is 0 Å². The van der Waals surface area contributed by atoms with Crippen molar-refractivity contribution in [1.82, 2.24) is 4.90 Å². The second kappa shape index (κ2) is 6.25. The van der Waals surface area contributed by atoms with Gasteiger partial charge in [-0.3, -0.25) is 0 Å². The van der Waals surface area contributed by atoms with E-state index < -0.39 is 30.0 Å². The SMILES string of the molecule is O=C(Nc1cccc(C(F)(F)F)c1)N1C[C@H]2C[C@@H](O)[C@H](O)C[C@H]2C1. The van der Waals surface area contributed by atoms with Crippen molar-refractivity contribution in [3.63, 3.8) is 0 Å². The van der Waals surface area contributed by atoms with Gasteiger partial charge in [0, 0.05) is 18.8 Å². The van der Waals surface area contributed by atoms with Gasteiger partial charge in [0.25, 0.3) is 0 Å². The molecule has 0 bridgehead atoms. The first-order chi connectivity index (χ1) is 11.2. The minimum absolute atomic E-state index is 0.0877. The van der Waals surface area contributed by atoms with E-state index in [0.29, 0.717) is 25.9 Å². The van der Waals surface area contributed by atoms with Crippen molar-refractivity contribution in [3.05, 3.63) is 29.8 Å². The number of aliphatic hydroxyl groups is 2. The van der Waals surface area contributed by atoms with Crippen LogP contribution in [0.2, 0.25) is 0 Å². The summed E-state index contributed by atoms with van der Waals surface area (Å²) in [4.78, 5) is 13.8. The third kappa shape index (κ3) is 3.49. The zero-order valence-electron chi connectivity index (χ0n) is 12.8. The molecule has 1 aromatic rings. The minimum Gasteiger partial charge on any atom is -0.390 e. The van der Waals surface area contributed by atoms with Gasteiger partial charge in [-0.1, -0.05) is 6.07 Å². The van der Waals surface area contributed by atoms with E-state index in [-0.39, 0.29) is 17.5 Å². The topological polar surface area (TPSA) is 72.8 Å². The molecule has 24 heavy (non-hydrogen) atoms. The van der Waals surface area contributed by atoms with E-state index in [4.69, 9.17) is 0 Å². The zero-order valence-corrected chi connectivity index (χ0v) is 12.8. The molecule has 1 aliphatic carbocycles. The Bertz CT molecular complexity index is 605. The Morgan fingerprint density at radius 1 is 1.12 bits per heavy atom. The Kier molecular flexibility index (Phi) is 4.44. The molecule has 1 aromatic carbocycles. The molecule has 1 heterocycles. The summed E-state index contributed by atoms with van der Waals surface area (Å²) in [5.41, 5.74) is -0.730. The number of benzene rings is 1. The summed E-state index contributed by atoms with van der Waals surface area (Å²) in [5.74, 6) is 0.214. The number of rotatable bonds is 1. The van der Waals surface area contributed by atoms with E-state index >= 15 is 0 Å². The van der Waals surface area contributed by atoms with Crippen LogP contribution in [0.25, 0.3) is 0 Å². The van der Waals surface area contributed by atoms with Gasteiger partial charge in [0.05, 0.1) is 17.8 Å². The Hall–Kier alpha value is -1.80. The molecule has 5 nitrogen and oxygen atoms in total. The average Bonchev–Trinajstić information content (AvgIpc) is 2.90. The lowest BCUT2D eigenvalue weighted by molar-refractivity contribution is -0.137. The van der Waals surface area contributed by atoms with Gasteiger partial charge in [-0.2, -0.15) is 13.2 Å². The van der Waals surface area contributed by atoms with Crippen LogP contribution in [-0.2, 0) is 6.18 Å². The maximum absolute atomic E-state index is 12.7. The number of carbonyl (C=O) groups excluding carboxylic acids is 1. The van der Waals surface area contributed by atoms with Crippen molar-refractivity contribution in [2.24, 2.45) is 11.8 Å². The molecule has 0 aromatic heterocycles. The number of alkyl halides is 3. The number of nitrogens with one attached hydrogen (secondary N) is 1. The highest BCUT2D eigenvalue weighted by atomic mass is 19.4. The molecule has 0 radical (unpaired) electrons. The molecule has 0 spiro atoms. The van der Waals surface area contributed by atoms with Gasteiger partial charge < -0.3 is 20.4 Å². The molecule has 2 aliphatic rings. The number of urea groups is 1. The van der Waals surface area contributed by atoms with Gasteiger partial charge in [-0.25, -0.2) is 4.79 Å². The molecule has 8 heteroatoms. The summed E-state index contributed by atoms with van der Waals surface area (Å²) in [7, 11) is 0. The lowest BCUT2D eigenvalue weighted by Gasteiger charge is -2.31. The Labute approximate surface area is 137 Å². The Morgan fingerprint density at radius 2 is 1.71 bits per heavy atom. The highest BCUT2D eigenvalue weighted by Gasteiger charge is 2.42. The molecule has 3 rings (SSSR count). The van der Waals surface area contributed by atoms with Crippen LogP contribution in [0.3, 0.4) is 0 Å². The number of halogens is 3. The Morgan fingerprint density at radius 3 is 2.25 bits per heavy atom. The third-order valence-corrected chi connectivity index (χ3v) is 4.84. The lowest BCUT2D eigenvalue weighted by atomic mass is 9.79. The van der Waals surface area contributed by atoms with Crippen LogP contribution in [0.15, 0.2) is 24.3 Å². The predicted octanol–water partition coefficient (Wildman–Crippen LogP) is 2.30. The van der Waals surface area contributed by atoms with Crippen molar-refractivity contribution in [2.75, 3.05) is 18.4 Å². The fourth-order valence-electron chi connectivity index (χ4n) is 3.55. The smallest absolute Gasteiger partial charge is 0.390 e. The van der Waals surface area contributed by atoms with E-state index in [0.717, 1.165) is 12.1 Å². The first-order valence-electron chi connectivity index (χ1n) is 7.83. The van der Waals surface area contributed by atoms with Crippen molar-refractivity contribution in [1.29, 1.82) is 0 Å². The molecule has 132 valence electrons. The standard InChI is InChI=1S/C16H19F3N2O3/c17-16(18,19)11-2-1-3-12(6-11)20-15(24)21-7-9-4-13(22)14(23)5-10(9)8-21/h1-3,6,9-10,13-14,22-23H,4-5,7-8H2,(H,20,24)/t9-,10+,13-,14-/m1/s1. The average molecular weight is 344 g/mol. The van der Waals surface area contributed by atoms with Crippen LogP contribution in [-0.4, -0.2) is 46.4 Å². The maximum atomic E-state index is 12.7. The fourth-order valence-corrected chi connectivity index (χ4v) is 3.55. The number of nitrogens with zero attached hydrogens (tertiary/aromatic N) is 1. The number of aliphatic hydroxyl groups excluding tert-OH is 2. The van der Waals surface area contributed by atoms with Gasteiger partial charge in [0.1, 0.15) is 0 Å². The van der Waals surface area contributed by atoms with Crippen LogP contribution >= 0.6 is 0 Å². The molecule has 3 N–H and O–H groups in total. The lowest BCUT2D eigenvalue weighted by Crippen LogP contribution is -2.38. The van der Waals surface area contributed by atoms with Gasteiger partial charge >= 0.3 is 12.2 Å². The first kappa shape index (κ1) is 17.0. The van der Waals surface area contributed by atoms with Gasteiger partial charge in [-0.05, 0) is 42.9 Å². The molecule has 4 atom stereocenters. The second-order valence-electron chi connectivity index (χ2n) is 6.54. The highest BCUT2D eigenvalue weighted by molar-refractivity contribution is 5.89. The van der Waals surface area contributed by atoms with Crippen LogP contribution in [0.5, 0.6) is 0 Å². The normalized spacial score (nSPS) is 30.1. The summed E-state index contributed by atoms with van der Waals surface area (Å²) in [6.45, 7) is 0.860. The number of hydrogen-bond acceptors (Lipinski definition) is 3. The molecule has 1 saturated carbocycles. The van der Waals surface area contributed by atoms with Crippen molar-refractivity contribution >= 4 is 11.7 Å². The molecule has 2 fully saturated rings. The molecule has 0 unspecified atom stereocenters. The molecular weight excluding hydrogens is 325 g/mol. The minimum atomic E-state index is -4.46. The maximum Gasteiger partial charge on any atom is 0.416 e. The zero-order chi connectivity index (χ0) is 17.5. The van der Waals surface area contributed by atoms with Crippen molar-refractivity contribution in [3.8, 4) is 0 Å². The summed E-state index contributed by atoms with van der Waals surface area (Å²) >= 11 is 0. The quantitative estimate of drug-likeness (QED) is 0.732. The van der Waals surface area contributed by atoms with Crippen LogP contribution < -0.4 is 5.32 Å². The van der Waals surface area contributed by atoms with Gasteiger partial charge in [0.15, 0.2) is 0 Å². The monoisotopic (exact) mass is 344 g/mol. The molecular formula is C16H19F3N2O3. The van der Waals surface area contributed by atoms with E-state index in [1.165, 1.54) is 17.0 Å². The number of likely N-dealkylation sites (tertiary alicyclic amines) is 1. The number of fused-ring (bicyclic) bond motifs is 1. The first-order valence-corrected chi connectivity index (χ1v) is 7.83. The molecule has 2 amide bonds. The summed E-state index contributed by atoms with van der Waals surface area (Å²) < 4.78 is 38.1.